The summed E-state index contributed by atoms with van der Waals surface area (Å²) in [5.41, 5.74) is 1.79. The second kappa shape index (κ2) is 18.2. The number of phosphoric ester groups is 1. The Bertz CT molecular complexity index is 1130. The average Bonchev–Trinajstić information content (AvgIpc) is 3.04. The molecule has 0 amide bonds. The van der Waals surface area contributed by atoms with Gasteiger partial charge in [-0.25, -0.2) is 4.57 Å². The molecule has 3 aromatic rings. The van der Waals surface area contributed by atoms with Crippen LogP contribution in [0.15, 0.2) is 84.9 Å². The summed E-state index contributed by atoms with van der Waals surface area (Å²) in [6.45, 7) is 5.35. The first kappa shape index (κ1) is 34.0. The number of hydrogen-bond donors (Lipinski definition) is 0. The van der Waals surface area contributed by atoms with Crippen LogP contribution in [0.4, 0.5) is 0 Å². The zero-order valence-corrected chi connectivity index (χ0v) is 26.4. The van der Waals surface area contributed by atoms with Crippen LogP contribution in [0.2, 0.25) is 0 Å². The maximum Gasteiger partial charge on any atom is 0.474 e. The largest absolute Gasteiger partial charge is 0.497 e. The van der Waals surface area contributed by atoms with E-state index in [1.54, 1.807) is 7.11 Å². The van der Waals surface area contributed by atoms with Gasteiger partial charge in [0, 0.05) is 13.7 Å². The van der Waals surface area contributed by atoms with Gasteiger partial charge in [-0.1, -0.05) is 112 Å². The molecular formula is C34H47O7P. The first-order chi connectivity index (χ1) is 20.5. The minimum absolute atomic E-state index is 0.0647. The van der Waals surface area contributed by atoms with E-state index in [1.165, 1.54) is 7.11 Å². The van der Waals surface area contributed by atoms with Gasteiger partial charge >= 0.3 is 7.82 Å². The summed E-state index contributed by atoms with van der Waals surface area (Å²) in [6, 6.07) is 28.0. The highest BCUT2D eigenvalue weighted by molar-refractivity contribution is 7.48. The van der Waals surface area contributed by atoms with Crippen LogP contribution in [0.5, 0.6) is 5.75 Å². The van der Waals surface area contributed by atoms with Crippen molar-refractivity contribution in [3.8, 4) is 5.75 Å². The van der Waals surface area contributed by atoms with Gasteiger partial charge in [0.2, 0.25) is 0 Å². The Balaban J connectivity index is 1.98. The molecular weight excluding hydrogens is 551 g/mol. The number of unbranched alkanes of at least 4 members (excludes halogenated alkanes) is 4. The molecule has 0 aliphatic carbocycles. The summed E-state index contributed by atoms with van der Waals surface area (Å²) in [7, 11) is -0.853. The van der Waals surface area contributed by atoms with Crippen molar-refractivity contribution in [2.45, 2.75) is 64.1 Å². The molecule has 42 heavy (non-hydrogen) atoms. The standard InChI is InChI=1S/C34H47O7P/c1-5-7-15-25-38-27-33(41-42(35,37-4)40-26-16-8-6-2)28-39-34(29-17-11-9-12-18-29,30-19-13-10-14-20-30)31-21-23-32(36-3)24-22-31/h9-14,17-24,33H,5-8,15-16,25-28H2,1-4H3. The molecule has 7 nitrogen and oxygen atoms in total. The molecule has 0 saturated carbocycles. The molecule has 8 heteroatoms. The van der Waals surface area contributed by atoms with Crippen LogP contribution in [-0.4, -0.2) is 46.8 Å². The third kappa shape index (κ3) is 9.77. The fraction of sp³-hybridized carbons (Fsp3) is 0.471. The van der Waals surface area contributed by atoms with E-state index in [-0.39, 0.29) is 19.8 Å². The van der Waals surface area contributed by atoms with Gasteiger partial charge in [0.15, 0.2) is 0 Å². The molecule has 230 valence electrons. The zero-order valence-electron chi connectivity index (χ0n) is 25.5. The Labute approximate surface area is 252 Å². The van der Waals surface area contributed by atoms with E-state index in [1.807, 2.05) is 84.9 Å². The van der Waals surface area contributed by atoms with Crippen molar-refractivity contribution in [1.29, 1.82) is 0 Å². The lowest BCUT2D eigenvalue weighted by atomic mass is 9.80. The van der Waals surface area contributed by atoms with E-state index in [4.69, 9.17) is 27.8 Å². The average molecular weight is 599 g/mol. The van der Waals surface area contributed by atoms with Crippen molar-refractivity contribution in [2.75, 3.05) is 40.6 Å². The molecule has 2 unspecified atom stereocenters. The molecule has 0 bridgehead atoms. The molecule has 2 atom stereocenters. The predicted octanol–water partition coefficient (Wildman–Crippen LogP) is 8.56. The van der Waals surface area contributed by atoms with E-state index in [0.717, 1.165) is 61.0 Å². The number of rotatable bonds is 21. The van der Waals surface area contributed by atoms with Crippen LogP contribution in [0.1, 0.15) is 69.1 Å². The molecule has 0 aromatic heterocycles. The van der Waals surface area contributed by atoms with Gasteiger partial charge < -0.3 is 14.2 Å². The number of hydrogen-bond acceptors (Lipinski definition) is 7. The van der Waals surface area contributed by atoms with Gasteiger partial charge in [-0.15, -0.1) is 0 Å². The highest BCUT2D eigenvalue weighted by Crippen LogP contribution is 2.50. The normalized spacial score (nSPS) is 13.9. The van der Waals surface area contributed by atoms with E-state index < -0.39 is 19.5 Å². The van der Waals surface area contributed by atoms with E-state index in [9.17, 15) is 4.57 Å². The maximum absolute atomic E-state index is 13.5. The highest BCUT2D eigenvalue weighted by atomic mass is 31.2. The SMILES string of the molecule is CCCCCOCC(COC(c1ccccc1)(c1ccccc1)c1ccc(OC)cc1)OP(=O)(OC)OCCCCC. The Kier molecular flexibility index (Phi) is 14.7. The first-order valence-corrected chi connectivity index (χ1v) is 16.4. The Morgan fingerprint density at radius 2 is 1.24 bits per heavy atom. The number of ether oxygens (including phenoxy) is 3. The highest BCUT2D eigenvalue weighted by Gasteiger charge is 2.39. The lowest BCUT2D eigenvalue weighted by molar-refractivity contribution is -0.0654. The van der Waals surface area contributed by atoms with Crippen LogP contribution in [0.25, 0.3) is 0 Å². The minimum atomic E-state index is -3.84. The number of methoxy groups -OCH3 is 1. The van der Waals surface area contributed by atoms with Crippen LogP contribution in [-0.2, 0) is 33.2 Å². The summed E-state index contributed by atoms with van der Waals surface area (Å²) in [6.07, 6.45) is 5.14. The van der Waals surface area contributed by atoms with Gasteiger partial charge in [-0.05, 0) is 41.7 Å². The van der Waals surface area contributed by atoms with Crippen LogP contribution in [0.3, 0.4) is 0 Å². The second-order valence-corrected chi connectivity index (χ2v) is 11.9. The van der Waals surface area contributed by atoms with Gasteiger partial charge in [-0.3, -0.25) is 13.6 Å². The van der Waals surface area contributed by atoms with Gasteiger partial charge in [0.1, 0.15) is 17.5 Å². The van der Waals surface area contributed by atoms with Crippen molar-refractivity contribution in [1.82, 2.24) is 0 Å². The minimum Gasteiger partial charge on any atom is -0.497 e. The number of benzene rings is 3. The molecule has 3 aromatic carbocycles. The molecule has 0 saturated heterocycles. The molecule has 0 heterocycles. The summed E-state index contributed by atoms with van der Waals surface area (Å²) < 4.78 is 48.9. The second-order valence-electron chi connectivity index (χ2n) is 10.1. The maximum atomic E-state index is 13.5. The fourth-order valence-corrected chi connectivity index (χ4v) is 5.85. The smallest absolute Gasteiger partial charge is 0.474 e. The van der Waals surface area contributed by atoms with Crippen LogP contribution in [0, 0.1) is 0 Å². The molecule has 0 aliphatic heterocycles. The summed E-state index contributed by atoms with van der Waals surface area (Å²) >= 11 is 0. The van der Waals surface area contributed by atoms with Crippen molar-refractivity contribution >= 4 is 7.82 Å². The van der Waals surface area contributed by atoms with E-state index in [0.29, 0.717) is 6.61 Å². The Morgan fingerprint density at radius 3 is 1.76 bits per heavy atom. The third-order valence-electron chi connectivity index (χ3n) is 7.04. The molecule has 0 fully saturated rings. The molecule has 0 radical (unpaired) electrons. The summed E-state index contributed by atoms with van der Waals surface area (Å²) in [5, 5.41) is 0. The van der Waals surface area contributed by atoms with Crippen LogP contribution < -0.4 is 4.74 Å². The topological polar surface area (TPSA) is 72.5 Å². The van der Waals surface area contributed by atoms with Gasteiger partial charge in [0.05, 0.1) is 26.9 Å². The van der Waals surface area contributed by atoms with E-state index in [2.05, 4.69) is 13.8 Å². The lowest BCUT2D eigenvalue weighted by Crippen LogP contribution is -2.37. The Hall–Kier alpha value is -2.51. The lowest BCUT2D eigenvalue weighted by Gasteiger charge is -2.37. The quantitative estimate of drug-likeness (QED) is 0.0691. The monoisotopic (exact) mass is 598 g/mol. The molecule has 0 aliphatic rings. The Morgan fingerprint density at radius 1 is 0.690 bits per heavy atom. The number of phosphoric acid groups is 1. The summed E-state index contributed by atoms with van der Waals surface area (Å²) in [5.74, 6) is 0.747. The van der Waals surface area contributed by atoms with Gasteiger partial charge in [-0.2, -0.15) is 0 Å². The van der Waals surface area contributed by atoms with Crippen molar-refractivity contribution in [2.24, 2.45) is 0 Å². The van der Waals surface area contributed by atoms with Gasteiger partial charge in [0.25, 0.3) is 0 Å². The third-order valence-corrected chi connectivity index (χ3v) is 8.54. The molecule has 0 N–H and O–H groups in total. The first-order valence-electron chi connectivity index (χ1n) is 15.0. The summed E-state index contributed by atoms with van der Waals surface area (Å²) in [4.78, 5) is 0. The molecule has 0 spiro atoms. The van der Waals surface area contributed by atoms with Crippen LogP contribution >= 0.6 is 7.82 Å². The fourth-order valence-electron chi connectivity index (χ4n) is 4.75. The van der Waals surface area contributed by atoms with Crippen molar-refractivity contribution < 1.29 is 32.3 Å². The zero-order chi connectivity index (χ0) is 30.1. The van der Waals surface area contributed by atoms with Crippen molar-refractivity contribution in [3.63, 3.8) is 0 Å². The van der Waals surface area contributed by atoms with E-state index >= 15 is 0 Å². The van der Waals surface area contributed by atoms with Crippen molar-refractivity contribution in [3.05, 3.63) is 102 Å². The molecule has 3 rings (SSSR count). The predicted molar refractivity (Wildman–Crippen MR) is 167 cm³/mol.